The van der Waals surface area contributed by atoms with Crippen molar-refractivity contribution in [3.05, 3.63) is 24.3 Å². The maximum Gasteiger partial charge on any atom is 0.122 e. The first-order valence-electron chi connectivity index (χ1n) is 5.91. The van der Waals surface area contributed by atoms with Gasteiger partial charge < -0.3 is 15.2 Å². The third-order valence-corrected chi connectivity index (χ3v) is 2.23. The van der Waals surface area contributed by atoms with Gasteiger partial charge in [-0.15, -0.1) is 0 Å². The first-order chi connectivity index (χ1) is 8.22. The van der Waals surface area contributed by atoms with Crippen LogP contribution in [0.25, 0.3) is 0 Å². The summed E-state index contributed by atoms with van der Waals surface area (Å²) in [5.74, 6) is 1.89. The maximum atomic E-state index is 7.09. The second-order valence-corrected chi connectivity index (χ2v) is 3.74. The van der Waals surface area contributed by atoms with Gasteiger partial charge in [-0.25, -0.2) is 0 Å². The minimum absolute atomic E-state index is 0.239. The van der Waals surface area contributed by atoms with E-state index in [0.29, 0.717) is 19.6 Å². The molecule has 0 saturated carbocycles. The van der Waals surface area contributed by atoms with Crippen LogP contribution in [0.2, 0.25) is 0 Å². The molecule has 0 aliphatic rings. The van der Waals surface area contributed by atoms with Gasteiger partial charge in [-0.05, 0) is 31.9 Å². The molecule has 0 unspecified atom stereocenters. The minimum Gasteiger partial charge on any atom is -0.494 e. The van der Waals surface area contributed by atoms with Crippen molar-refractivity contribution in [2.75, 3.05) is 13.2 Å². The van der Waals surface area contributed by atoms with Crippen molar-refractivity contribution in [1.29, 1.82) is 5.41 Å². The Bertz CT molecular complexity index is 353. The first kappa shape index (κ1) is 13.4. The summed E-state index contributed by atoms with van der Waals surface area (Å²) in [4.78, 5) is 0. The molecular weight excluding hydrogens is 216 g/mol. The predicted molar refractivity (Wildman–Crippen MR) is 68.9 cm³/mol. The molecule has 0 aliphatic carbocycles. The lowest BCUT2D eigenvalue weighted by molar-refractivity contribution is 0.301. The monoisotopic (exact) mass is 236 g/mol. The fourth-order valence-corrected chi connectivity index (χ4v) is 1.43. The van der Waals surface area contributed by atoms with E-state index in [4.69, 9.17) is 20.6 Å². The Morgan fingerprint density at radius 3 is 2.59 bits per heavy atom. The number of rotatable bonds is 8. The van der Waals surface area contributed by atoms with E-state index in [1.807, 2.05) is 31.2 Å². The Hall–Kier alpha value is -1.71. The zero-order valence-electron chi connectivity index (χ0n) is 10.2. The van der Waals surface area contributed by atoms with Gasteiger partial charge >= 0.3 is 0 Å². The van der Waals surface area contributed by atoms with E-state index in [9.17, 15) is 0 Å². The van der Waals surface area contributed by atoms with E-state index in [1.54, 1.807) is 0 Å². The Morgan fingerprint density at radius 2 is 1.94 bits per heavy atom. The highest BCUT2D eigenvalue weighted by molar-refractivity contribution is 5.76. The number of hydrogen-bond acceptors (Lipinski definition) is 3. The number of nitrogens with one attached hydrogen (secondary N) is 1. The Kier molecular flexibility index (Phi) is 5.93. The molecule has 1 aromatic carbocycles. The summed E-state index contributed by atoms with van der Waals surface area (Å²) in [7, 11) is 0. The summed E-state index contributed by atoms with van der Waals surface area (Å²) in [6.45, 7) is 3.25. The van der Waals surface area contributed by atoms with Crippen LogP contribution in [0.15, 0.2) is 24.3 Å². The molecule has 17 heavy (non-hydrogen) atoms. The Labute approximate surface area is 102 Å². The molecule has 0 atom stereocenters. The van der Waals surface area contributed by atoms with Gasteiger partial charge in [-0.1, -0.05) is 6.07 Å². The molecule has 3 N–H and O–H groups in total. The molecule has 94 valence electrons. The summed E-state index contributed by atoms with van der Waals surface area (Å²) in [5, 5.41) is 7.09. The van der Waals surface area contributed by atoms with Gasteiger partial charge in [0.2, 0.25) is 0 Å². The van der Waals surface area contributed by atoms with Crippen LogP contribution in [-0.2, 0) is 0 Å². The predicted octanol–water partition coefficient (Wildman–Crippen LogP) is 2.57. The fourth-order valence-electron chi connectivity index (χ4n) is 1.43. The number of benzene rings is 1. The molecule has 0 bridgehead atoms. The normalized spacial score (nSPS) is 9.94. The van der Waals surface area contributed by atoms with Crippen molar-refractivity contribution in [2.45, 2.75) is 26.2 Å². The lowest BCUT2D eigenvalue weighted by atomic mass is 10.2. The average Bonchev–Trinajstić information content (AvgIpc) is 2.29. The summed E-state index contributed by atoms with van der Waals surface area (Å²) in [6.07, 6.45) is 2.43. The zero-order valence-corrected chi connectivity index (χ0v) is 10.2. The standard InChI is InChI=1S/C13H20N2O2/c1-2-16-11-6-5-7-12(10-11)17-9-4-3-8-13(14)15/h5-7,10H,2-4,8-9H2,1H3,(H3,14,15). The van der Waals surface area contributed by atoms with Crippen LogP contribution in [0, 0.1) is 5.41 Å². The first-order valence-corrected chi connectivity index (χ1v) is 5.91. The zero-order chi connectivity index (χ0) is 12.5. The molecule has 1 aromatic rings. The van der Waals surface area contributed by atoms with Crippen molar-refractivity contribution in [1.82, 2.24) is 0 Å². The number of nitrogens with two attached hydrogens (primary N) is 1. The molecule has 1 rings (SSSR count). The van der Waals surface area contributed by atoms with Crippen LogP contribution in [0.5, 0.6) is 11.5 Å². The SMILES string of the molecule is CCOc1cccc(OCCCCC(=N)N)c1. The summed E-state index contributed by atoms with van der Waals surface area (Å²) in [5.41, 5.74) is 5.26. The minimum atomic E-state index is 0.239. The van der Waals surface area contributed by atoms with Crippen LogP contribution in [0.4, 0.5) is 0 Å². The molecule has 0 spiro atoms. The fraction of sp³-hybridized carbons (Fsp3) is 0.462. The highest BCUT2D eigenvalue weighted by atomic mass is 16.5. The van der Waals surface area contributed by atoms with E-state index in [-0.39, 0.29) is 5.84 Å². The molecule has 0 aromatic heterocycles. The number of amidine groups is 1. The molecule has 0 fully saturated rings. The largest absolute Gasteiger partial charge is 0.494 e. The van der Waals surface area contributed by atoms with Crippen LogP contribution in [0.3, 0.4) is 0 Å². The molecule has 4 heteroatoms. The maximum absolute atomic E-state index is 7.09. The van der Waals surface area contributed by atoms with Gasteiger partial charge in [0.1, 0.15) is 11.5 Å². The summed E-state index contributed by atoms with van der Waals surface area (Å²) in [6, 6.07) is 7.62. The van der Waals surface area contributed by atoms with Crippen LogP contribution >= 0.6 is 0 Å². The average molecular weight is 236 g/mol. The van der Waals surface area contributed by atoms with Gasteiger partial charge in [-0.2, -0.15) is 0 Å². The highest BCUT2D eigenvalue weighted by Crippen LogP contribution is 2.19. The van der Waals surface area contributed by atoms with Gasteiger partial charge in [-0.3, -0.25) is 5.41 Å². The Morgan fingerprint density at radius 1 is 1.24 bits per heavy atom. The third-order valence-electron chi connectivity index (χ3n) is 2.23. The van der Waals surface area contributed by atoms with E-state index in [2.05, 4.69) is 0 Å². The lowest BCUT2D eigenvalue weighted by Crippen LogP contribution is -2.09. The van der Waals surface area contributed by atoms with Crippen LogP contribution in [0.1, 0.15) is 26.2 Å². The van der Waals surface area contributed by atoms with Crippen molar-refractivity contribution >= 4 is 5.84 Å². The van der Waals surface area contributed by atoms with Gasteiger partial charge in [0, 0.05) is 12.5 Å². The molecular formula is C13H20N2O2. The molecule has 0 radical (unpaired) electrons. The van der Waals surface area contributed by atoms with Gasteiger partial charge in [0.05, 0.1) is 19.0 Å². The second kappa shape index (κ2) is 7.54. The molecule has 4 nitrogen and oxygen atoms in total. The third kappa shape index (κ3) is 5.80. The molecule has 0 heterocycles. The van der Waals surface area contributed by atoms with E-state index in [0.717, 1.165) is 24.3 Å². The van der Waals surface area contributed by atoms with Gasteiger partial charge in [0.25, 0.3) is 0 Å². The molecule has 0 saturated heterocycles. The quantitative estimate of drug-likeness (QED) is 0.414. The van der Waals surface area contributed by atoms with Crippen molar-refractivity contribution < 1.29 is 9.47 Å². The second-order valence-electron chi connectivity index (χ2n) is 3.74. The number of ether oxygens (including phenoxy) is 2. The van der Waals surface area contributed by atoms with Crippen molar-refractivity contribution in [3.8, 4) is 11.5 Å². The number of hydrogen-bond donors (Lipinski definition) is 2. The van der Waals surface area contributed by atoms with E-state index < -0.39 is 0 Å². The van der Waals surface area contributed by atoms with Crippen LogP contribution in [-0.4, -0.2) is 19.0 Å². The van der Waals surface area contributed by atoms with Crippen molar-refractivity contribution in [3.63, 3.8) is 0 Å². The smallest absolute Gasteiger partial charge is 0.122 e. The van der Waals surface area contributed by atoms with E-state index in [1.165, 1.54) is 0 Å². The molecule has 0 aliphatic heterocycles. The van der Waals surface area contributed by atoms with Crippen LogP contribution < -0.4 is 15.2 Å². The summed E-state index contributed by atoms with van der Waals surface area (Å²) < 4.78 is 11.0. The van der Waals surface area contributed by atoms with Gasteiger partial charge in [0.15, 0.2) is 0 Å². The highest BCUT2D eigenvalue weighted by Gasteiger charge is 1.97. The van der Waals surface area contributed by atoms with E-state index >= 15 is 0 Å². The summed E-state index contributed by atoms with van der Waals surface area (Å²) >= 11 is 0. The lowest BCUT2D eigenvalue weighted by Gasteiger charge is -2.08. The topological polar surface area (TPSA) is 68.3 Å². The number of unbranched alkanes of at least 4 members (excludes halogenated alkanes) is 1. The Balaban J connectivity index is 2.26. The van der Waals surface area contributed by atoms with Crippen molar-refractivity contribution in [2.24, 2.45) is 5.73 Å². The molecule has 0 amide bonds.